The Morgan fingerprint density at radius 2 is 1.81 bits per heavy atom. The molecule has 148 valence electrons. The lowest BCUT2D eigenvalue weighted by Crippen LogP contribution is -2.39. The highest BCUT2D eigenvalue weighted by Crippen LogP contribution is 2.15. The molecule has 0 bridgehead atoms. The molecule has 0 radical (unpaired) electrons. The first kappa shape index (κ1) is 23.8. The lowest BCUT2D eigenvalue weighted by Gasteiger charge is -2.12. The van der Waals surface area contributed by atoms with Crippen LogP contribution < -0.4 is 10.6 Å². The first-order valence-electron chi connectivity index (χ1n) is 7.99. The van der Waals surface area contributed by atoms with Crippen LogP contribution in [0.2, 0.25) is 0 Å². The van der Waals surface area contributed by atoms with E-state index in [-0.39, 0.29) is 47.0 Å². The molecule has 2 aromatic carbocycles. The predicted molar refractivity (Wildman–Crippen MR) is 121 cm³/mol. The van der Waals surface area contributed by atoms with Crippen LogP contribution in [0.4, 0.5) is 4.39 Å². The van der Waals surface area contributed by atoms with Crippen LogP contribution in [-0.4, -0.2) is 33.7 Å². The second-order valence-corrected chi connectivity index (χ2v) is 8.73. The third-order valence-corrected chi connectivity index (χ3v) is 6.02. The number of halogens is 3. The van der Waals surface area contributed by atoms with Gasteiger partial charge in [-0.15, -0.1) is 24.0 Å². The SMILES string of the molecule is CN=C(NCCS(=O)(=O)c1ccc(Br)cc1)NCc1ccc(C)c(F)c1.I. The van der Waals surface area contributed by atoms with Crippen LogP contribution >= 0.6 is 39.9 Å². The van der Waals surface area contributed by atoms with Gasteiger partial charge in [-0.3, -0.25) is 4.99 Å². The minimum atomic E-state index is -3.37. The summed E-state index contributed by atoms with van der Waals surface area (Å²) in [7, 11) is -1.78. The molecule has 0 spiro atoms. The van der Waals surface area contributed by atoms with Crippen LogP contribution in [0, 0.1) is 12.7 Å². The third kappa shape index (κ3) is 7.38. The van der Waals surface area contributed by atoms with Crippen molar-refractivity contribution in [2.45, 2.75) is 18.4 Å². The summed E-state index contributed by atoms with van der Waals surface area (Å²) in [5, 5.41) is 6.00. The molecule has 2 N–H and O–H groups in total. The fourth-order valence-corrected chi connectivity index (χ4v) is 3.64. The van der Waals surface area contributed by atoms with Crippen LogP contribution in [0.15, 0.2) is 56.8 Å². The molecular weight excluding hydrogens is 548 g/mol. The van der Waals surface area contributed by atoms with Crippen molar-refractivity contribution in [1.29, 1.82) is 0 Å². The van der Waals surface area contributed by atoms with Gasteiger partial charge in [-0.25, -0.2) is 12.8 Å². The Labute approximate surface area is 184 Å². The number of nitrogens with one attached hydrogen (secondary N) is 2. The molecule has 0 aliphatic rings. The van der Waals surface area contributed by atoms with E-state index in [0.29, 0.717) is 18.1 Å². The largest absolute Gasteiger partial charge is 0.355 e. The van der Waals surface area contributed by atoms with Gasteiger partial charge in [0.15, 0.2) is 15.8 Å². The molecule has 0 heterocycles. The Morgan fingerprint density at radius 3 is 2.41 bits per heavy atom. The van der Waals surface area contributed by atoms with E-state index in [9.17, 15) is 12.8 Å². The fourth-order valence-electron chi connectivity index (χ4n) is 2.22. The number of aliphatic imine (C=N–C) groups is 1. The van der Waals surface area contributed by atoms with E-state index in [4.69, 9.17) is 0 Å². The number of nitrogens with zero attached hydrogens (tertiary/aromatic N) is 1. The fraction of sp³-hybridized carbons (Fsp3) is 0.278. The molecule has 0 aromatic heterocycles. The zero-order valence-electron chi connectivity index (χ0n) is 15.0. The van der Waals surface area contributed by atoms with Gasteiger partial charge in [0, 0.05) is 24.6 Å². The van der Waals surface area contributed by atoms with E-state index in [0.717, 1.165) is 10.0 Å². The summed E-state index contributed by atoms with van der Waals surface area (Å²) in [5.41, 5.74) is 1.37. The molecule has 0 saturated carbocycles. The van der Waals surface area contributed by atoms with Crippen molar-refractivity contribution in [2.24, 2.45) is 4.99 Å². The molecule has 9 heteroatoms. The molecular formula is C18H22BrFIN3O2S. The van der Waals surface area contributed by atoms with Gasteiger partial charge in [-0.2, -0.15) is 0 Å². The van der Waals surface area contributed by atoms with E-state index in [1.807, 2.05) is 6.07 Å². The van der Waals surface area contributed by atoms with Crippen LogP contribution in [0.1, 0.15) is 11.1 Å². The zero-order chi connectivity index (χ0) is 19.2. The summed E-state index contributed by atoms with van der Waals surface area (Å²) in [6, 6.07) is 11.5. The topological polar surface area (TPSA) is 70.6 Å². The normalized spacial score (nSPS) is 11.6. The van der Waals surface area contributed by atoms with Crippen molar-refractivity contribution in [2.75, 3.05) is 19.3 Å². The molecule has 0 saturated heterocycles. The number of hydrogen-bond donors (Lipinski definition) is 2. The summed E-state index contributed by atoms with van der Waals surface area (Å²) in [4.78, 5) is 4.32. The Morgan fingerprint density at radius 1 is 1.15 bits per heavy atom. The first-order chi connectivity index (χ1) is 12.3. The lowest BCUT2D eigenvalue weighted by molar-refractivity contribution is 0.594. The third-order valence-electron chi connectivity index (χ3n) is 3.76. The van der Waals surface area contributed by atoms with Crippen LogP contribution in [0.5, 0.6) is 0 Å². The highest BCUT2D eigenvalue weighted by atomic mass is 127. The average Bonchev–Trinajstić information content (AvgIpc) is 2.61. The van der Waals surface area contributed by atoms with Gasteiger partial charge in [-0.05, 0) is 48.4 Å². The van der Waals surface area contributed by atoms with Crippen molar-refractivity contribution >= 4 is 55.7 Å². The number of benzene rings is 2. The predicted octanol–water partition coefficient (Wildman–Crippen LogP) is 3.65. The monoisotopic (exact) mass is 569 g/mol. The quantitative estimate of drug-likeness (QED) is 0.316. The van der Waals surface area contributed by atoms with Crippen molar-refractivity contribution in [3.63, 3.8) is 0 Å². The molecule has 2 rings (SSSR count). The second-order valence-electron chi connectivity index (χ2n) is 5.71. The summed E-state index contributed by atoms with van der Waals surface area (Å²) >= 11 is 3.28. The highest BCUT2D eigenvalue weighted by molar-refractivity contribution is 14.0. The van der Waals surface area contributed by atoms with E-state index in [1.54, 1.807) is 44.3 Å². The second kappa shape index (κ2) is 11.0. The van der Waals surface area contributed by atoms with Gasteiger partial charge >= 0.3 is 0 Å². The maximum atomic E-state index is 13.6. The molecule has 27 heavy (non-hydrogen) atoms. The van der Waals surface area contributed by atoms with Gasteiger partial charge in [0.2, 0.25) is 0 Å². The number of sulfone groups is 1. The van der Waals surface area contributed by atoms with E-state index in [1.165, 1.54) is 6.07 Å². The molecule has 2 aromatic rings. The van der Waals surface area contributed by atoms with Gasteiger partial charge < -0.3 is 10.6 Å². The van der Waals surface area contributed by atoms with Crippen molar-refractivity contribution < 1.29 is 12.8 Å². The Bertz CT molecular complexity index is 890. The molecule has 0 amide bonds. The number of aryl methyl sites for hydroxylation is 1. The summed E-state index contributed by atoms with van der Waals surface area (Å²) in [6.45, 7) is 2.30. The highest BCUT2D eigenvalue weighted by Gasteiger charge is 2.14. The number of hydrogen-bond acceptors (Lipinski definition) is 3. The summed E-state index contributed by atoms with van der Waals surface area (Å²) in [5.74, 6) is 0.138. The Hall–Kier alpha value is -1.20. The van der Waals surface area contributed by atoms with Gasteiger partial charge in [0.25, 0.3) is 0 Å². The zero-order valence-corrected chi connectivity index (χ0v) is 19.7. The smallest absolute Gasteiger partial charge is 0.191 e. The van der Waals surface area contributed by atoms with E-state index >= 15 is 0 Å². The average molecular weight is 570 g/mol. The van der Waals surface area contributed by atoms with Gasteiger partial charge in [0.05, 0.1) is 10.6 Å². The van der Waals surface area contributed by atoms with Gasteiger partial charge in [0.1, 0.15) is 5.82 Å². The van der Waals surface area contributed by atoms with Crippen molar-refractivity contribution in [3.05, 3.63) is 63.9 Å². The molecule has 0 aliphatic heterocycles. The maximum absolute atomic E-state index is 13.6. The van der Waals surface area contributed by atoms with Crippen LogP contribution in [0.25, 0.3) is 0 Å². The van der Waals surface area contributed by atoms with Crippen molar-refractivity contribution in [3.8, 4) is 0 Å². The molecule has 0 atom stereocenters. The number of rotatable bonds is 6. The summed E-state index contributed by atoms with van der Waals surface area (Å²) < 4.78 is 39.0. The van der Waals surface area contributed by atoms with Crippen LogP contribution in [0.3, 0.4) is 0 Å². The van der Waals surface area contributed by atoms with Crippen LogP contribution in [-0.2, 0) is 16.4 Å². The Balaban J connectivity index is 0.00000364. The molecule has 0 unspecified atom stereocenters. The Kier molecular flexibility index (Phi) is 9.68. The van der Waals surface area contributed by atoms with E-state index in [2.05, 4.69) is 31.6 Å². The number of guanidine groups is 1. The molecule has 0 aliphatic carbocycles. The minimum Gasteiger partial charge on any atom is -0.355 e. The minimum absolute atomic E-state index is 0. The maximum Gasteiger partial charge on any atom is 0.191 e. The van der Waals surface area contributed by atoms with Crippen molar-refractivity contribution in [1.82, 2.24) is 10.6 Å². The molecule has 5 nitrogen and oxygen atoms in total. The lowest BCUT2D eigenvalue weighted by atomic mass is 10.1. The van der Waals surface area contributed by atoms with Gasteiger partial charge in [-0.1, -0.05) is 28.1 Å². The standard InChI is InChI=1S/C18H21BrFN3O2S.HI/c1-13-3-4-14(11-17(13)20)12-23-18(21-2)22-9-10-26(24,25)16-7-5-15(19)6-8-16;/h3-8,11H,9-10,12H2,1-2H3,(H2,21,22,23);1H. The molecule has 0 fully saturated rings. The van der Waals surface area contributed by atoms with E-state index < -0.39 is 9.84 Å². The summed E-state index contributed by atoms with van der Waals surface area (Å²) in [6.07, 6.45) is 0. The first-order valence-corrected chi connectivity index (χ1v) is 10.4.